The van der Waals surface area contributed by atoms with Gasteiger partial charge in [-0.25, -0.2) is 4.79 Å². The summed E-state index contributed by atoms with van der Waals surface area (Å²) in [6.45, 7) is 0. The maximum absolute atomic E-state index is 11.5. The van der Waals surface area contributed by atoms with Crippen molar-refractivity contribution in [1.82, 2.24) is 0 Å². The molecule has 0 heterocycles. The molecule has 0 aliphatic rings. The van der Waals surface area contributed by atoms with E-state index in [1.54, 1.807) is 12.1 Å². The molecule has 18 heavy (non-hydrogen) atoms. The average Bonchev–Trinajstić information content (AvgIpc) is 2.39. The van der Waals surface area contributed by atoms with Gasteiger partial charge >= 0.3 is 5.97 Å². The summed E-state index contributed by atoms with van der Waals surface area (Å²) in [5.74, 6) is -0.543. The molecule has 0 radical (unpaired) electrons. The molecule has 0 bridgehead atoms. The number of nitriles is 2. The number of anilines is 1. The number of esters is 1. The van der Waals surface area contributed by atoms with Crippen LogP contribution in [0.3, 0.4) is 0 Å². The average molecular weight is 262 g/mol. The third-order valence-electron chi connectivity index (χ3n) is 2.00. The van der Waals surface area contributed by atoms with E-state index in [2.05, 4.69) is 10.1 Å². The molecule has 0 fully saturated rings. The fourth-order valence-electron chi connectivity index (χ4n) is 1.16. The van der Waals surface area contributed by atoms with Crippen molar-refractivity contribution in [3.63, 3.8) is 0 Å². The number of methoxy groups -OCH3 is 1. The molecule has 0 aliphatic carbocycles. The van der Waals surface area contributed by atoms with E-state index in [9.17, 15) is 4.79 Å². The van der Waals surface area contributed by atoms with Crippen molar-refractivity contribution in [2.75, 3.05) is 12.4 Å². The van der Waals surface area contributed by atoms with E-state index in [-0.39, 0.29) is 11.1 Å². The minimum absolute atomic E-state index is 0.120. The zero-order chi connectivity index (χ0) is 13.5. The van der Waals surface area contributed by atoms with Crippen molar-refractivity contribution >= 4 is 23.3 Å². The first-order valence-electron chi connectivity index (χ1n) is 4.77. The van der Waals surface area contributed by atoms with Gasteiger partial charge in [0, 0.05) is 11.2 Å². The number of hydrogen-bond acceptors (Lipinski definition) is 5. The highest BCUT2D eigenvalue weighted by molar-refractivity contribution is 6.31. The molecule has 0 amide bonds. The third kappa shape index (κ3) is 3.24. The Morgan fingerprint density at radius 3 is 2.67 bits per heavy atom. The highest BCUT2D eigenvalue weighted by Gasteiger charge is 2.11. The van der Waals surface area contributed by atoms with Crippen molar-refractivity contribution in [2.24, 2.45) is 0 Å². The molecule has 5 nitrogen and oxygen atoms in total. The standard InChI is InChI=1S/C12H8ClN3O2/c1-18-12(17)10-3-2-9(13)4-11(10)16-7-8(5-14)6-15/h2-4,7,16H,1H3. The van der Waals surface area contributed by atoms with Gasteiger partial charge in [-0.15, -0.1) is 0 Å². The predicted molar refractivity (Wildman–Crippen MR) is 65.7 cm³/mol. The van der Waals surface area contributed by atoms with Crippen molar-refractivity contribution in [2.45, 2.75) is 0 Å². The second-order valence-electron chi connectivity index (χ2n) is 3.11. The molecule has 0 unspecified atom stereocenters. The van der Waals surface area contributed by atoms with Crippen LogP contribution < -0.4 is 5.32 Å². The number of rotatable bonds is 3. The SMILES string of the molecule is COC(=O)c1ccc(Cl)cc1NC=C(C#N)C#N. The number of allylic oxidation sites excluding steroid dienone is 1. The summed E-state index contributed by atoms with van der Waals surface area (Å²) in [4.78, 5) is 11.5. The largest absolute Gasteiger partial charge is 0.465 e. The number of benzene rings is 1. The lowest BCUT2D eigenvalue weighted by Crippen LogP contribution is -2.05. The summed E-state index contributed by atoms with van der Waals surface area (Å²) in [7, 11) is 1.26. The normalized spacial score (nSPS) is 8.67. The van der Waals surface area contributed by atoms with Crippen LogP contribution in [0.5, 0.6) is 0 Å². The number of hydrogen-bond donors (Lipinski definition) is 1. The molecule has 1 aromatic rings. The van der Waals surface area contributed by atoms with E-state index in [0.29, 0.717) is 10.7 Å². The van der Waals surface area contributed by atoms with Crippen molar-refractivity contribution in [1.29, 1.82) is 10.5 Å². The first-order valence-corrected chi connectivity index (χ1v) is 5.15. The lowest BCUT2D eigenvalue weighted by Gasteiger charge is -2.07. The van der Waals surface area contributed by atoms with Gasteiger partial charge in [0.15, 0.2) is 0 Å². The van der Waals surface area contributed by atoms with Crippen molar-refractivity contribution < 1.29 is 9.53 Å². The summed E-state index contributed by atoms with van der Waals surface area (Å²) in [6.07, 6.45) is 1.19. The van der Waals surface area contributed by atoms with Crippen LogP contribution in [0.1, 0.15) is 10.4 Å². The number of carbonyl (C=O) groups excluding carboxylic acids is 1. The van der Waals surface area contributed by atoms with Gasteiger partial charge in [0.1, 0.15) is 17.7 Å². The number of nitrogens with zero attached hydrogens (tertiary/aromatic N) is 2. The van der Waals surface area contributed by atoms with E-state index >= 15 is 0 Å². The summed E-state index contributed by atoms with van der Waals surface area (Å²) in [6, 6.07) is 7.90. The van der Waals surface area contributed by atoms with Gasteiger partial charge in [-0.1, -0.05) is 11.6 Å². The Morgan fingerprint density at radius 1 is 1.44 bits per heavy atom. The lowest BCUT2D eigenvalue weighted by atomic mass is 10.2. The van der Waals surface area contributed by atoms with Crippen LogP contribution in [0.4, 0.5) is 5.69 Å². The Bertz CT molecular complexity index is 566. The molecule has 1 aromatic carbocycles. The minimum atomic E-state index is -0.543. The smallest absolute Gasteiger partial charge is 0.339 e. The highest BCUT2D eigenvalue weighted by atomic mass is 35.5. The molecule has 0 saturated heterocycles. The molecule has 0 spiro atoms. The Labute approximate surface area is 109 Å². The van der Waals surface area contributed by atoms with E-state index in [1.807, 2.05) is 0 Å². The fourth-order valence-corrected chi connectivity index (χ4v) is 1.34. The van der Waals surface area contributed by atoms with Crippen molar-refractivity contribution in [3.05, 3.63) is 40.6 Å². The first-order chi connectivity index (χ1) is 8.62. The first kappa shape index (κ1) is 13.6. The predicted octanol–water partition coefficient (Wildman–Crippen LogP) is 2.47. The number of nitrogens with one attached hydrogen (secondary N) is 1. The van der Waals surface area contributed by atoms with Gasteiger partial charge < -0.3 is 10.1 Å². The maximum atomic E-state index is 11.5. The van der Waals surface area contributed by atoms with E-state index in [1.165, 1.54) is 31.5 Å². The van der Waals surface area contributed by atoms with Gasteiger partial charge in [-0.3, -0.25) is 0 Å². The quantitative estimate of drug-likeness (QED) is 0.667. The molecular formula is C12H8ClN3O2. The van der Waals surface area contributed by atoms with E-state index < -0.39 is 5.97 Å². The Balaban J connectivity index is 3.12. The van der Waals surface area contributed by atoms with Gasteiger partial charge in [-0.05, 0) is 18.2 Å². The van der Waals surface area contributed by atoms with Crippen LogP contribution in [0, 0.1) is 22.7 Å². The van der Waals surface area contributed by atoms with Crippen LogP contribution >= 0.6 is 11.6 Å². The zero-order valence-corrected chi connectivity index (χ0v) is 10.2. The second kappa shape index (κ2) is 6.29. The van der Waals surface area contributed by atoms with Gasteiger partial charge in [-0.2, -0.15) is 10.5 Å². The molecule has 6 heteroatoms. The van der Waals surface area contributed by atoms with Crippen LogP contribution in [-0.4, -0.2) is 13.1 Å². The Morgan fingerprint density at radius 2 is 2.11 bits per heavy atom. The molecule has 0 saturated carbocycles. The molecule has 0 aliphatic heterocycles. The lowest BCUT2D eigenvalue weighted by molar-refractivity contribution is 0.0602. The van der Waals surface area contributed by atoms with Gasteiger partial charge in [0.05, 0.1) is 18.4 Å². The molecule has 90 valence electrons. The number of carbonyl (C=O) groups is 1. The number of halogens is 1. The molecule has 1 rings (SSSR count). The zero-order valence-electron chi connectivity index (χ0n) is 9.40. The molecular weight excluding hydrogens is 254 g/mol. The van der Waals surface area contributed by atoms with Crippen LogP contribution in [0.25, 0.3) is 0 Å². The molecule has 0 atom stereocenters. The molecule has 0 aromatic heterocycles. The summed E-state index contributed by atoms with van der Waals surface area (Å²) >= 11 is 5.80. The maximum Gasteiger partial charge on any atom is 0.339 e. The van der Waals surface area contributed by atoms with Crippen LogP contribution in [0.2, 0.25) is 5.02 Å². The number of ether oxygens (including phenoxy) is 1. The topological polar surface area (TPSA) is 85.9 Å². The van der Waals surface area contributed by atoms with Crippen molar-refractivity contribution in [3.8, 4) is 12.1 Å². The van der Waals surface area contributed by atoms with Crippen LogP contribution in [-0.2, 0) is 4.74 Å². The fraction of sp³-hybridized carbons (Fsp3) is 0.0833. The minimum Gasteiger partial charge on any atom is -0.465 e. The van der Waals surface area contributed by atoms with Crippen LogP contribution in [0.15, 0.2) is 30.0 Å². The summed E-state index contributed by atoms with van der Waals surface area (Å²) in [5, 5.41) is 20.3. The monoisotopic (exact) mass is 261 g/mol. The second-order valence-corrected chi connectivity index (χ2v) is 3.54. The third-order valence-corrected chi connectivity index (χ3v) is 2.23. The van der Waals surface area contributed by atoms with E-state index in [0.717, 1.165) is 0 Å². The highest BCUT2D eigenvalue weighted by Crippen LogP contribution is 2.22. The summed E-state index contributed by atoms with van der Waals surface area (Å²) in [5.41, 5.74) is 0.497. The summed E-state index contributed by atoms with van der Waals surface area (Å²) < 4.78 is 4.60. The Kier molecular flexibility index (Phi) is 4.74. The Hall–Kier alpha value is -2.50. The van der Waals surface area contributed by atoms with Gasteiger partial charge in [0.25, 0.3) is 0 Å². The van der Waals surface area contributed by atoms with Gasteiger partial charge in [0.2, 0.25) is 0 Å². The molecule has 1 N–H and O–H groups in total. The van der Waals surface area contributed by atoms with E-state index in [4.69, 9.17) is 22.1 Å².